The largest absolute Gasteiger partial charge is 0.416 e. The minimum Gasteiger partial charge on any atom is -0.393 e. The predicted molar refractivity (Wildman–Crippen MR) is 138 cm³/mol. The first-order valence-corrected chi connectivity index (χ1v) is 13.3. The van der Waals surface area contributed by atoms with E-state index in [1.807, 2.05) is 12.1 Å². The molecule has 0 radical (unpaired) electrons. The molecule has 2 atom stereocenters. The third-order valence-electron chi connectivity index (χ3n) is 7.58. The second-order valence-corrected chi connectivity index (χ2v) is 10.7. The van der Waals surface area contributed by atoms with Crippen molar-refractivity contribution in [1.82, 2.24) is 20.5 Å². The van der Waals surface area contributed by atoms with Crippen molar-refractivity contribution in [3.05, 3.63) is 65.0 Å². The van der Waals surface area contributed by atoms with Gasteiger partial charge in [-0.05, 0) is 75.3 Å². The molecule has 0 spiro atoms. The van der Waals surface area contributed by atoms with Gasteiger partial charge in [-0.2, -0.15) is 13.2 Å². The molecule has 2 amide bonds. The van der Waals surface area contributed by atoms with E-state index in [0.717, 1.165) is 49.6 Å². The normalized spacial score (nSPS) is 24.8. The molecule has 1 saturated carbocycles. The lowest BCUT2D eigenvalue weighted by Gasteiger charge is -2.39. The van der Waals surface area contributed by atoms with Crippen LogP contribution in [0.15, 0.2) is 42.6 Å². The molecule has 39 heavy (non-hydrogen) atoms. The van der Waals surface area contributed by atoms with E-state index in [4.69, 9.17) is 0 Å². The Morgan fingerprint density at radius 1 is 1.18 bits per heavy atom. The SMILES string of the molecule is CC(O)Cc1ccc(C2(O)CCC(N3CCC(NC(=O)CNC(=O)c4cccc(C(F)(F)F)c4)C3)CC2)nc1. The Labute approximate surface area is 225 Å². The number of halogens is 3. The first kappa shape index (κ1) is 29.0. The zero-order valence-corrected chi connectivity index (χ0v) is 21.9. The van der Waals surface area contributed by atoms with Crippen LogP contribution in [0.5, 0.6) is 0 Å². The van der Waals surface area contributed by atoms with Crippen LogP contribution in [0.2, 0.25) is 0 Å². The van der Waals surface area contributed by atoms with Gasteiger partial charge in [0, 0.05) is 36.9 Å². The molecule has 1 aromatic carbocycles. The molecule has 1 aliphatic heterocycles. The first-order chi connectivity index (χ1) is 18.4. The van der Waals surface area contributed by atoms with E-state index in [0.29, 0.717) is 31.5 Å². The molecule has 0 bridgehead atoms. The Morgan fingerprint density at radius 2 is 1.92 bits per heavy atom. The monoisotopic (exact) mass is 548 g/mol. The number of nitrogens with zero attached hydrogens (tertiary/aromatic N) is 2. The molecule has 2 fully saturated rings. The number of carbonyl (C=O) groups is 2. The van der Waals surface area contributed by atoms with Crippen LogP contribution in [-0.2, 0) is 23.0 Å². The fourth-order valence-corrected chi connectivity index (χ4v) is 5.48. The average molecular weight is 549 g/mol. The van der Waals surface area contributed by atoms with E-state index < -0.39 is 35.3 Å². The van der Waals surface area contributed by atoms with E-state index in [2.05, 4.69) is 20.5 Å². The number of likely N-dealkylation sites (tertiary alicyclic amines) is 1. The summed E-state index contributed by atoms with van der Waals surface area (Å²) in [4.78, 5) is 31.4. The molecule has 11 heteroatoms. The van der Waals surface area contributed by atoms with Gasteiger partial charge >= 0.3 is 6.18 Å². The summed E-state index contributed by atoms with van der Waals surface area (Å²) in [6.07, 6.45) is 0.716. The van der Waals surface area contributed by atoms with Crippen molar-refractivity contribution in [2.75, 3.05) is 19.6 Å². The Balaban J connectivity index is 1.21. The van der Waals surface area contributed by atoms with E-state index >= 15 is 0 Å². The maximum Gasteiger partial charge on any atom is 0.416 e. The van der Waals surface area contributed by atoms with Crippen LogP contribution >= 0.6 is 0 Å². The Morgan fingerprint density at radius 3 is 2.56 bits per heavy atom. The summed E-state index contributed by atoms with van der Waals surface area (Å²) in [5.41, 5.74) is -0.493. The maximum atomic E-state index is 12.9. The minimum atomic E-state index is -4.55. The molecule has 2 aromatic rings. The lowest BCUT2D eigenvalue weighted by atomic mass is 9.79. The number of alkyl halides is 3. The van der Waals surface area contributed by atoms with E-state index in [9.17, 15) is 33.0 Å². The molecular formula is C28H35F3N4O4. The predicted octanol–water partition coefficient (Wildman–Crippen LogP) is 2.77. The molecule has 1 aromatic heterocycles. The summed E-state index contributed by atoms with van der Waals surface area (Å²) in [5.74, 6) is -1.14. The van der Waals surface area contributed by atoms with Gasteiger partial charge in [0.2, 0.25) is 5.91 Å². The van der Waals surface area contributed by atoms with Gasteiger partial charge in [0.05, 0.1) is 23.9 Å². The molecule has 2 unspecified atom stereocenters. The van der Waals surface area contributed by atoms with Crippen LogP contribution in [-0.4, -0.2) is 69.7 Å². The van der Waals surface area contributed by atoms with Gasteiger partial charge in [-0.25, -0.2) is 0 Å². The molecule has 212 valence electrons. The number of hydrogen-bond acceptors (Lipinski definition) is 6. The van der Waals surface area contributed by atoms with Gasteiger partial charge in [0.1, 0.15) is 5.60 Å². The number of carbonyl (C=O) groups excluding carboxylic acids is 2. The van der Waals surface area contributed by atoms with Crippen molar-refractivity contribution in [3.63, 3.8) is 0 Å². The number of amides is 2. The van der Waals surface area contributed by atoms with Crippen LogP contribution in [0.25, 0.3) is 0 Å². The third-order valence-corrected chi connectivity index (χ3v) is 7.58. The fourth-order valence-electron chi connectivity index (χ4n) is 5.48. The molecule has 8 nitrogen and oxygen atoms in total. The van der Waals surface area contributed by atoms with Crippen molar-refractivity contribution in [2.45, 2.75) is 75.4 Å². The summed E-state index contributed by atoms with van der Waals surface area (Å²) >= 11 is 0. The van der Waals surface area contributed by atoms with Crippen LogP contribution in [0.3, 0.4) is 0 Å². The Bertz CT molecular complexity index is 1150. The number of benzene rings is 1. The zero-order valence-electron chi connectivity index (χ0n) is 21.9. The van der Waals surface area contributed by atoms with E-state index in [-0.39, 0.29) is 24.2 Å². The summed E-state index contributed by atoms with van der Waals surface area (Å²) < 4.78 is 38.6. The number of nitrogens with one attached hydrogen (secondary N) is 2. The van der Waals surface area contributed by atoms with Gasteiger partial charge in [0.25, 0.3) is 5.91 Å². The summed E-state index contributed by atoms with van der Waals surface area (Å²) in [5, 5.41) is 26.0. The van der Waals surface area contributed by atoms with Crippen LogP contribution < -0.4 is 10.6 Å². The highest BCUT2D eigenvalue weighted by Crippen LogP contribution is 2.38. The highest BCUT2D eigenvalue weighted by molar-refractivity contribution is 5.96. The lowest BCUT2D eigenvalue weighted by Crippen LogP contribution is -2.45. The average Bonchev–Trinajstić information content (AvgIpc) is 3.35. The first-order valence-electron chi connectivity index (χ1n) is 13.3. The second kappa shape index (κ2) is 12.0. The highest BCUT2D eigenvalue weighted by atomic mass is 19.4. The summed E-state index contributed by atoms with van der Waals surface area (Å²) in [6, 6.07) is 8.00. The standard InChI is InChI=1S/C28H35F3N4O4/c1-18(36)13-19-5-6-24(32-15-19)27(39)10-7-23(8-11-27)35-12-9-22(17-35)34-25(37)16-33-26(38)20-3-2-4-21(14-20)28(29,30)31/h2-6,14-15,18,22-23,36,39H,7-13,16-17H2,1H3,(H,33,38)(H,34,37). The number of aliphatic hydroxyl groups excluding tert-OH is 1. The molecule has 4 N–H and O–H groups in total. The molecule has 1 aliphatic carbocycles. The van der Waals surface area contributed by atoms with Gasteiger partial charge in [0.15, 0.2) is 0 Å². The molecule has 2 heterocycles. The number of aliphatic hydroxyl groups is 2. The fraction of sp³-hybridized carbons (Fsp3) is 0.536. The topological polar surface area (TPSA) is 115 Å². The van der Waals surface area contributed by atoms with Crippen LogP contribution in [0, 0.1) is 0 Å². The number of rotatable bonds is 8. The van der Waals surface area contributed by atoms with E-state index in [1.54, 1.807) is 13.1 Å². The summed E-state index contributed by atoms with van der Waals surface area (Å²) in [6.45, 7) is 2.85. The number of pyridine rings is 1. The zero-order chi connectivity index (χ0) is 28.2. The van der Waals surface area contributed by atoms with Gasteiger partial charge < -0.3 is 20.8 Å². The van der Waals surface area contributed by atoms with Crippen molar-refractivity contribution in [2.24, 2.45) is 0 Å². The molecule has 2 aliphatic rings. The van der Waals surface area contributed by atoms with Crippen LogP contribution in [0.4, 0.5) is 13.2 Å². The minimum absolute atomic E-state index is 0.0908. The summed E-state index contributed by atoms with van der Waals surface area (Å²) in [7, 11) is 0. The van der Waals surface area contributed by atoms with Gasteiger partial charge in [-0.15, -0.1) is 0 Å². The number of aromatic nitrogens is 1. The second-order valence-electron chi connectivity index (χ2n) is 10.7. The maximum absolute atomic E-state index is 12.9. The van der Waals surface area contributed by atoms with Crippen molar-refractivity contribution in [3.8, 4) is 0 Å². The van der Waals surface area contributed by atoms with Crippen molar-refractivity contribution < 1.29 is 33.0 Å². The van der Waals surface area contributed by atoms with Crippen molar-refractivity contribution >= 4 is 11.8 Å². The van der Waals surface area contributed by atoms with Gasteiger partial charge in [-0.3, -0.25) is 19.5 Å². The quantitative estimate of drug-likeness (QED) is 0.404. The third kappa shape index (κ3) is 7.55. The lowest BCUT2D eigenvalue weighted by molar-refractivity contribution is -0.137. The Kier molecular flexibility index (Phi) is 8.93. The van der Waals surface area contributed by atoms with E-state index in [1.165, 1.54) is 6.07 Å². The molecule has 1 saturated heterocycles. The number of hydrogen-bond donors (Lipinski definition) is 4. The van der Waals surface area contributed by atoms with Crippen molar-refractivity contribution in [1.29, 1.82) is 0 Å². The Hall–Kier alpha value is -3.02. The highest BCUT2D eigenvalue weighted by Gasteiger charge is 2.39. The molecular weight excluding hydrogens is 513 g/mol. The van der Waals surface area contributed by atoms with Crippen LogP contribution in [0.1, 0.15) is 66.2 Å². The molecule has 4 rings (SSSR count). The van der Waals surface area contributed by atoms with Gasteiger partial charge in [-0.1, -0.05) is 12.1 Å². The smallest absolute Gasteiger partial charge is 0.393 e.